The Morgan fingerprint density at radius 3 is 2.52 bits per heavy atom. The summed E-state index contributed by atoms with van der Waals surface area (Å²) in [5, 5.41) is 8.67. The van der Waals surface area contributed by atoms with Crippen LogP contribution in [0.25, 0.3) is 0 Å². The summed E-state index contributed by atoms with van der Waals surface area (Å²) in [4.78, 5) is 16.8. The molecule has 3 aliphatic heterocycles. The lowest BCUT2D eigenvalue weighted by Crippen LogP contribution is -2.57. The molecule has 1 aromatic rings. The Labute approximate surface area is 123 Å². The first-order valence-electron chi connectivity index (χ1n) is 6.90. The van der Waals surface area contributed by atoms with Crippen LogP contribution >= 0.6 is 0 Å². The number of carboxylic acid groups (broad SMARTS) is 1. The van der Waals surface area contributed by atoms with Crippen molar-refractivity contribution < 1.29 is 18.3 Å². The zero-order valence-corrected chi connectivity index (χ0v) is 12.2. The van der Waals surface area contributed by atoms with Gasteiger partial charge in [-0.1, -0.05) is 0 Å². The third kappa shape index (κ3) is 2.92. The van der Waals surface area contributed by atoms with Crippen molar-refractivity contribution in [3.05, 3.63) is 23.9 Å². The number of carbonyl (C=O) groups is 1. The number of nitrogens with one attached hydrogen (secondary N) is 1. The largest absolute Gasteiger partial charge is 0.478 e. The second-order valence-electron chi connectivity index (χ2n) is 5.56. The van der Waals surface area contributed by atoms with E-state index >= 15 is 0 Å². The van der Waals surface area contributed by atoms with E-state index in [1.807, 2.05) is 0 Å². The van der Waals surface area contributed by atoms with Gasteiger partial charge >= 0.3 is 5.97 Å². The summed E-state index contributed by atoms with van der Waals surface area (Å²) in [5.74, 6) is -0.750. The lowest BCUT2D eigenvalue weighted by atomic mass is 9.85. The van der Waals surface area contributed by atoms with Gasteiger partial charge in [-0.2, -0.15) is 0 Å². The number of nitrogens with zero attached hydrogens (tertiary/aromatic N) is 2. The Morgan fingerprint density at radius 1 is 1.33 bits per heavy atom. The van der Waals surface area contributed by atoms with Gasteiger partial charge in [-0.05, 0) is 44.0 Å². The van der Waals surface area contributed by atoms with E-state index in [2.05, 4.69) is 14.6 Å². The van der Waals surface area contributed by atoms with Gasteiger partial charge in [0.15, 0.2) is 5.03 Å². The third-order valence-electron chi connectivity index (χ3n) is 4.22. The minimum absolute atomic E-state index is 0.0308. The normalized spacial score (nSPS) is 28.5. The molecule has 0 aromatic carbocycles. The molecule has 0 spiro atoms. The fourth-order valence-electron chi connectivity index (χ4n) is 3.02. The van der Waals surface area contributed by atoms with Crippen LogP contribution in [0.15, 0.2) is 23.4 Å². The van der Waals surface area contributed by atoms with Gasteiger partial charge in [-0.25, -0.2) is 22.9 Å². The predicted molar refractivity (Wildman–Crippen MR) is 74.5 cm³/mol. The van der Waals surface area contributed by atoms with Crippen LogP contribution in [0, 0.1) is 5.92 Å². The molecule has 2 bridgehead atoms. The molecule has 3 saturated heterocycles. The molecular weight excluding hydrogens is 294 g/mol. The summed E-state index contributed by atoms with van der Waals surface area (Å²) >= 11 is 0. The molecule has 0 amide bonds. The van der Waals surface area contributed by atoms with Crippen LogP contribution < -0.4 is 4.72 Å². The highest BCUT2D eigenvalue weighted by atomic mass is 32.2. The van der Waals surface area contributed by atoms with Crippen LogP contribution in [-0.2, 0) is 10.0 Å². The fraction of sp³-hybridized carbons (Fsp3) is 0.538. The number of hydrogen-bond donors (Lipinski definition) is 2. The Bertz CT molecular complexity index is 636. The summed E-state index contributed by atoms with van der Waals surface area (Å²) in [5.41, 5.74) is -0.0308. The van der Waals surface area contributed by atoms with Crippen LogP contribution in [0.4, 0.5) is 0 Å². The Balaban J connectivity index is 1.76. The summed E-state index contributed by atoms with van der Waals surface area (Å²) < 4.78 is 27.3. The van der Waals surface area contributed by atoms with Crippen LogP contribution in [0.1, 0.15) is 23.2 Å². The third-order valence-corrected chi connectivity index (χ3v) is 5.63. The fourth-order valence-corrected chi connectivity index (χ4v) is 4.25. The van der Waals surface area contributed by atoms with Gasteiger partial charge in [0.2, 0.25) is 0 Å². The molecule has 21 heavy (non-hydrogen) atoms. The average molecular weight is 311 g/mol. The minimum Gasteiger partial charge on any atom is -0.478 e. The molecular formula is C13H17N3O4S. The smallest absolute Gasteiger partial charge is 0.337 e. The summed E-state index contributed by atoms with van der Waals surface area (Å²) in [6, 6.07) is 2.39. The number of fused-ring (bicyclic) bond motifs is 3. The first-order chi connectivity index (χ1) is 9.95. The molecule has 1 atom stereocenters. The molecule has 114 valence electrons. The van der Waals surface area contributed by atoms with E-state index in [0.717, 1.165) is 38.7 Å². The lowest BCUT2D eigenvalue weighted by molar-refractivity contribution is 0.0696. The SMILES string of the molecule is O=C(O)c1ccc(S(=O)(=O)NC2CN3CCC2CC3)nc1. The molecule has 2 N–H and O–H groups in total. The van der Waals surface area contributed by atoms with Crippen LogP contribution in [0.5, 0.6) is 0 Å². The molecule has 8 heteroatoms. The summed E-state index contributed by atoms with van der Waals surface area (Å²) in [6.07, 6.45) is 3.09. The average Bonchev–Trinajstić information content (AvgIpc) is 2.48. The van der Waals surface area contributed by atoms with Crippen molar-refractivity contribution in [2.24, 2.45) is 5.92 Å². The number of rotatable bonds is 4. The zero-order chi connectivity index (χ0) is 15.0. The van der Waals surface area contributed by atoms with Crippen molar-refractivity contribution in [2.45, 2.75) is 23.9 Å². The van der Waals surface area contributed by atoms with E-state index in [1.54, 1.807) is 0 Å². The maximum atomic E-state index is 12.3. The highest BCUT2D eigenvalue weighted by molar-refractivity contribution is 7.89. The highest BCUT2D eigenvalue weighted by Crippen LogP contribution is 2.28. The number of hydrogen-bond acceptors (Lipinski definition) is 5. The topological polar surface area (TPSA) is 99.6 Å². The lowest BCUT2D eigenvalue weighted by Gasteiger charge is -2.44. The minimum atomic E-state index is -3.71. The molecule has 0 radical (unpaired) electrons. The molecule has 1 aromatic heterocycles. The molecule has 0 saturated carbocycles. The van der Waals surface area contributed by atoms with Crippen LogP contribution in [-0.4, -0.2) is 55.1 Å². The maximum absolute atomic E-state index is 12.3. The first-order valence-corrected chi connectivity index (χ1v) is 8.38. The zero-order valence-electron chi connectivity index (χ0n) is 11.4. The molecule has 4 heterocycles. The Kier molecular flexibility index (Phi) is 3.68. The number of aromatic carboxylic acids is 1. The Hall–Kier alpha value is -1.51. The second-order valence-corrected chi connectivity index (χ2v) is 7.22. The molecule has 7 nitrogen and oxygen atoms in total. The standard InChI is InChI=1S/C13H17N3O4S/c17-13(18)10-1-2-12(14-7-10)21(19,20)15-11-8-16-5-3-9(11)4-6-16/h1-2,7,9,11,15H,3-6,8H2,(H,17,18). The van der Waals surface area contributed by atoms with Gasteiger partial charge in [0.25, 0.3) is 10.0 Å². The van der Waals surface area contributed by atoms with Crippen LogP contribution in [0.2, 0.25) is 0 Å². The number of pyridine rings is 1. The highest BCUT2D eigenvalue weighted by Gasteiger charge is 2.36. The van der Waals surface area contributed by atoms with Crippen molar-refractivity contribution in [1.29, 1.82) is 0 Å². The van der Waals surface area contributed by atoms with Gasteiger partial charge in [0.1, 0.15) is 0 Å². The molecule has 3 aliphatic rings. The van der Waals surface area contributed by atoms with Crippen molar-refractivity contribution in [2.75, 3.05) is 19.6 Å². The summed E-state index contributed by atoms with van der Waals surface area (Å²) in [7, 11) is -3.71. The molecule has 4 rings (SSSR count). The number of carboxylic acids is 1. The van der Waals surface area contributed by atoms with E-state index < -0.39 is 16.0 Å². The predicted octanol–water partition coefficient (Wildman–Crippen LogP) is 0.152. The van der Waals surface area contributed by atoms with Crippen molar-refractivity contribution in [1.82, 2.24) is 14.6 Å². The van der Waals surface area contributed by atoms with Crippen LogP contribution in [0.3, 0.4) is 0 Å². The number of aromatic nitrogens is 1. The van der Waals surface area contributed by atoms with Gasteiger partial charge in [0.05, 0.1) is 5.56 Å². The quantitative estimate of drug-likeness (QED) is 0.821. The van der Waals surface area contributed by atoms with Gasteiger partial charge in [0, 0.05) is 18.8 Å². The molecule has 0 aliphatic carbocycles. The van der Waals surface area contributed by atoms with Gasteiger partial charge in [-0.3, -0.25) is 0 Å². The first kappa shape index (κ1) is 14.4. The van der Waals surface area contributed by atoms with Gasteiger partial charge < -0.3 is 10.0 Å². The summed E-state index contributed by atoms with van der Waals surface area (Å²) in [6.45, 7) is 2.81. The van der Waals surface area contributed by atoms with E-state index in [0.29, 0.717) is 5.92 Å². The maximum Gasteiger partial charge on any atom is 0.337 e. The van der Waals surface area contributed by atoms with Crippen molar-refractivity contribution in [3.8, 4) is 0 Å². The van der Waals surface area contributed by atoms with E-state index in [-0.39, 0.29) is 16.6 Å². The number of piperidine rings is 3. The number of sulfonamides is 1. The van der Waals surface area contributed by atoms with E-state index in [1.165, 1.54) is 12.1 Å². The van der Waals surface area contributed by atoms with Crippen molar-refractivity contribution >= 4 is 16.0 Å². The monoisotopic (exact) mass is 311 g/mol. The Morgan fingerprint density at radius 2 is 2.05 bits per heavy atom. The van der Waals surface area contributed by atoms with Gasteiger partial charge in [-0.15, -0.1) is 0 Å². The molecule has 1 unspecified atom stereocenters. The molecule has 3 fully saturated rings. The van der Waals surface area contributed by atoms with E-state index in [9.17, 15) is 13.2 Å². The van der Waals surface area contributed by atoms with E-state index in [4.69, 9.17) is 5.11 Å². The second kappa shape index (κ2) is 5.36. The van der Waals surface area contributed by atoms with Crippen molar-refractivity contribution in [3.63, 3.8) is 0 Å².